The molecule has 2 N–H and O–H groups in total. The molecule has 1 saturated carbocycles. The smallest absolute Gasteiger partial charge is 0.323 e. The zero-order chi connectivity index (χ0) is 21.5. The molecule has 9 heteroatoms. The van der Waals surface area contributed by atoms with E-state index in [0.717, 1.165) is 38.0 Å². The molecule has 168 valence electrons. The fourth-order valence-electron chi connectivity index (χ4n) is 3.96. The minimum absolute atomic E-state index is 0.0897. The van der Waals surface area contributed by atoms with Crippen LogP contribution in [-0.2, 0) is 4.74 Å². The molecular weight excluding hydrogens is 418 g/mol. The fourth-order valence-corrected chi connectivity index (χ4v) is 4.22. The molecule has 1 aromatic heterocycles. The van der Waals surface area contributed by atoms with Gasteiger partial charge in [-0.3, -0.25) is 0 Å². The van der Waals surface area contributed by atoms with Gasteiger partial charge >= 0.3 is 6.01 Å². The van der Waals surface area contributed by atoms with Gasteiger partial charge in [-0.05, 0) is 43.9 Å². The second kappa shape index (κ2) is 10.8. The van der Waals surface area contributed by atoms with Gasteiger partial charge < -0.3 is 24.8 Å². The summed E-state index contributed by atoms with van der Waals surface area (Å²) < 4.78 is 16.7. The van der Waals surface area contributed by atoms with Gasteiger partial charge in [0, 0.05) is 18.3 Å². The summed E-state index contributed by atoms with van der Waals surface area (Å²) in [5.41, 5.74) is 0.752. The monoisotopic (exact) mass is 447 g/mol. The van der Waals surface area contributed by atoms with Crippen molar-refractivity contribution < 1.29 is 14.2 Å². The first-order chi connectivity index (χ1) is 15.2. The maximum atomic E-state index is 6.26. The molecule has 2 aromatic rings. The second-order valence-electron chi connectivity index (χ2n) is 8.02. The Balaban J connectivity index is 1.51. The third-order valence-electron chi connectivity index (χ3n) is 5.63. The first-order valence-electron chi connectivity index (χ1n) is 11.1. The normalized spacial score (nSPS) is 19.6. The predicted octanol–water partition coefficient (Wildman–Crippen LogP) is 4.97. The number of halogens is 1. The topological polar surface area (TPSA) is 90.4 Å². The minimum atomic E-state index is 0.0897. The van der Waals surface area contributed by atoms with Crippen LogP contribution in [0.15, 0.2) is 18.2 Å². The summed E-state index contributed by atoms with van der Waals surface area (Å²) in [6, 6.07) is 6.07. The summed E-state index contributed by atoms with van der Waals surface area (Å²) in [4.78, 5) is 13.5. The number of methoxy groups -OCH3 is 1. The van der Waals surface area contributed by atoms with E-state index >= 15 is 0 Å². The van der Waals surface area contributed by atoms with Crippen molar-refractivity contribution in [1.29, 1.82) is 0 Å². The van der Waals surface area contributed by atoms with Crippen LogP contribution in [0.5, 0.6) is 11.8 Å². The van der Waals surface area contributed by atoms with Crippen molar-refractivity contribution in [2.45, 2.75) is 63.5 Å². The average molecular weight is 448 g/mol. The first kappa shape index (κ1) is 21.9. The predicted molar refractivity (Wildman–Crippen MR) is 121 cm³/mol. The zero-order valence-corrected chi connectivity index (χ0v) is 18.7. The lowest BCUT2D eigenvalue weighted by Gasteiger charge is -2.18. The van der Waals surface area contributed by atoms with E-state index in [0.29, 0.717) is 35.3 Å². The highest BCUT2D eigenvalue weighted by Crippen LogP contribution is 2.29. The lowest BCUT2D eigenvalue weighted by Crippen LogP contribution is -2.22. The van der Waals surface area contributed by atoms with Crippen LogP contribution >= 0.6 is 11.6 Å². The van der Waals surface area contributed by atoms with Crippen molar-refractivity contribution in [2.24, 2.45) is 0 Å². The van der Waals surface area contributed by atoms with Gasteiger partial charge in [-0.15, -0.1) is 0 Å². The number of benzene rings is 1. The van der Waals surface area contributed by atoms with Gasteiger partial charge in [-0.25, -0.2) is 0 Å². The Labute approximate surface area is 188 Å². The van der Waals surface area contributed by atoms with Crippen LogP contribution in [0.1, 0.15) is 51.4 Å². The molecule has 4 rings (SSSR count). The highest BCUT2D eigenvalue weighted by Gasteiger charge is 2.19. The third kappa shape index (κ3) is 6.33. The molecule has 2 heterocycles. The van der Waals surface area contributed by atoms with E-state index in [1.807, 2.05) is 6.07 Å². The maximum absolute atomic E-state index is 6.26. The number of hydrogen-bond acceptors (Lipinski definition) is 8. The molecule has 8 nitrogen and oxygen atoms in total. The van der Waals surface area contributed by atoms with Gasteiger partial charge in [0.15, 0.2) is 0 Å². The highest BCUT2D eigenvalue weighted by molar-refractivity contribution is 6.32. The molecule has 31 heavy (non-hydrogen) atoms. The molecule has 1 atom stereocenters. The molecule has 0 radical (unpaired) electrons. The quantitative estimate of drug-likeness (QED) is 0.548. The SMILES string of the molecule is COc1ccc(Nc2nc(NC3CCCCCC3)nc(OCC3CCCO3)n2)cc1Cl. The molecule has 1 aliphatic heterocycles. The van der Waals surface area contributed by atoms with Crippen molar-refractivity contribution in [2.75, 3.05) is 31.0 Å². The second-order valence-corrected chi connectivity index (χ2v) is 8.43. The largest absolute Gasteiger partial charge is 0.495 e. The van der Waals surface area contributed by atoms with Crippen LogP contribution in [0.3, 0.4) is 0 Å². The van der Waals surface area contributed by atoms with Gasteiger partial charge in [0.2, 0.25) is 11.9 Å². The maximum Gasteiger partial charge on any atom is 0.323 e. The molecule has 2 fully saturated rings. The van der Waals surface area contributed by atoms with Crippen molar-refractivity contribution in [3.8, 4) is 11.8 Å². The van der Waals surface area contributed by atoms with E-state index < -0.39 is 0 Å². The molecule has 2 aliphatic rings. The summed E-state index contributed by atoms with van der Waals surface area (Å²) in [7, 11) is 1.59. The van der Waals surface area contributed by atoms with Crippen molar-refractivity contribution in [3.63, 3.8) is 0 Å². The van der Waals surface area contributed by atoms with Gasteiger partial charge in [0.05, 0.1) is 18.2 Å². The number of aromatic nitrogens is 3. The molecule has 1 aromatic carbocycles. The number of hydrogen-bond donors (Lipinski definition) is 2. The van der Waals surface area contributed by atoms with Crippen LogP contribution < -0.4 is 20.1 Å². The average Bonchev–Trinajstić information content (AvgIpc) is 3.16. The molecule has 1 unspecified atom stereocenters. The first-order valence-corrected chi connectivity index (χ1v) is 11.4. The van der Waals surface area contributed by atoms with Crippen LogP contribution in [0.2, 0.25) is 5.02 Å². The Kier molecular flexibility index (Phi) is 7.64. The van der Waals surface area contributed by atoms with Crippen LogP contribution in [-0.4, -0.2) is 47.4 Å². The van der Waals surface area contributed by atoms with Crippen LogP contribution in [0, 0.1) is 0 Å². The van der Waals surface area contributed by atoms with Gasteiger partial charge in [-0.1, -0.05) is 37.3 Å². The number of anilines is 3. The molecule has 1 saturated heterocycles. The fraction of sp³-hybridized carbons (Fsp3) is 0.591. The number of rotatable bonds is 8. The van der Waals surface area contributed by atoms with E-state index in [1.165, 1.54) is 25.7 Å². The van der Waals surface area contributed by atoms with E-state index in [9.17, 15) is 0 Å². The van der Waals surface area contributed by atoms with Crippen molar-refractivity contribution in [3.05, 3.63) is 23.2 Å². The van der Waals surface area contributed by atoms with E-state index in [4.69, 9.17) is 25.8 Å². The number of ether oxygens (including phenoxy) is 3. The van der Waals surface area contributed by atoms with E-state index in [-0.39, 0.29) is 12.1 Å². The Hall–Kier alpha value is -2.32. The molecule has 0 amide bonds. The van der Waals surface area contributed by atoms with E-state index in [1.54, 1.807) is 19.2 Å². The van der Waals surface area contributed by atoms with Crippen LogP contribution in [0.25, 0.3) is 0 Å². The minimum Gasteiger partial charge on any atom is -0.495 e. The lowest BCUT2D eigenvalue weighted by molar-refractivity contribution is 0.0645. The lowest BCUT2D eigenvalue weighted by atomic mass is 10.1. The molecule has 1 aliphatic carbocycles. The Morgan fingerprint density at radius 3 is 2.55 bits per heavy atom. The van der Waals surface area contributed by atoms with Crippen molar-refractivity contribution in [1.82, 2.24) is 15.0 Å². The molecule has 0 bridgehead atoms. The van der Waals surface area contributed by atoms with Crippen LogP contribution in [0.4, 0.5) is 17.6 Å². The van der Waals surface area contributed by atoms with Gasteiger partial charge in [0.1, 0.15) is 12.4 Å². The summed E-state index contributed by atoms with van der Waals surface area (Å²) in [6.07, 6.45) is 9.40. The van der Waals surface area contributed by atoms with Gasteiger partial charge in [0.25, 0.3) is 0 Å². The third-order valence-corrected chi connectivity index (χ3v) is 5.93. The Morgan fingerprint density at radius 1 is 1.03 bits per heavy atom. The number of nitrogens with zero attached hydrogens (tertiary/aromatic N) is 3. The Bertz CT molecular complexity index is 855. The summed E-state index contributed by atoms with van der Waals surface area (Å²) >= 11 is 6.26. The summed E-state index contributed by atoms with van der Waals surface area (Å²) in [5, 5.41) is 7.19. The highest BCUT2D eigenvalue weighted by atomic mass is 35.5. The molecule has 0 spiro atoms. The van der Waals surface area contributed by atoms with Crippen molar-refractivity contribution >= 4 is 29.2 Å². The number of nitrogens with one attached hydrogen (secondary N) is 2. The Morgan fingerprint density at radius 2 is 1.84 bits per heavy atom. The standard InChI is InChI=1S/C22H30ClN5O3/c1-29-19-11-10-16(13-18(19)23)25-21-26-20(24-15-7-4-2-3-5-8-15)27-22(28-21)31-14-17-9-6-12-30-17/h10-11,13,15,17H,2-9,12,14H2,1H3,(H2,24,25,26,27,28). The van der Waals surface area contributed by atoms with Gasteiger partial charge in [-0.2, -0.15) is 15.0 Å². The summed E-state index contributed by atoms with van der Waals surface area (Å²) in [5.74, 6) is 1.53. The summed E-state index contributed by atoms with van der Waals surface area (Å²) in [6.45, 7) is 1.21. The van der Waals surface area contributed by atoms with E-state index in [2.05, 4.69) is 25.6 Å². The zero-order valence-electron chi connectivity index (χ0n) is 17.9. The molecular formula is C22H30ClN5O3.